The first-order valence-electron chi connectivity index (χ1n) is 5.33. The van der Waals surface area contributed by atoms with Gasteiger partial charge in [-0.3, -0.25) is 0 Å². The van der Waals surface area contributed by atoms with Crippen molar-refractivity contribution in [1.82, 2.24) is 0 Å². The summed E-state index contributed by atoms with van der Waals surface area (Å²) in [5.74, 6) is 0.646. The summed E-state index contributed by atoms with van der Waals surface area (Å²) in [5.41, 5.74) is 6.31. The molecule has 1 heterocycles. The van der Waals surface area contributed by atoms with E-state index in [-0.39, 0.29) is 0 Å². The molecule has 0 aliphatic rings. The van der Waals surface area contributed by atoms with Crippen LogP contribution in [0.3, 0.4) is 0 Å². The van der Waals surface area contributed by atoms with Gasteiger partial charge in [0.15, 0.2) is 0 Å². The summed E-state index contributed by atoms with van der Waals surface area (Å²) in [5, 5.41) is 0.831. The van der Waals surface area contributed by atoms with Crippen LogP contribution >= 0.6 is 0 Å². The lowest BCUT2D eigenvalue weighted by Gasteiger charge is -2.20. The Morgan fingerprint density at radius 1 is 1.29 bits per heavy atom. The number of hydrogen-bond acceptors (Lipinski definition) is 4. The summed E-state index contributed by atoms with van der Waals surface area (Å²) < 4.78 is 10.2. The molecule has 1 aromatic carbocycles. The highest BCUT2D eigenvalue weighted by atomic mass is 16.5. The summed E-state index contributed by atoms with van der Waals surface area (Å²) >= 11 is 0. The molecule has 0 aliphatic heterocycles. The highest BCUT2D eigenvalue weighted by molar-refractivity contribution is 5.82. The number of benzene rings is 1. The van der Waals surface area contributed by atoms with E-state index >= 15 is 0 Å². The van der Waals surface area contributed by atoms with E-state index in [0.29, 0.717) is 11.3 Å². The molecular formula is C13H15NO3. The summed E-state index contributed by atoms with van der Waals surface area (Å²) in [6.07, 6.45) is 0. The molecule has 0 aliphatic carbocycles. The molecule has 4 heteroatoms. The molecule has 2 aromatic rings. The van der Waals surface area contributed by atoms with Crippen molar-refractivity contribution in [3.63, 3.8) is 0 Å². The van der Waals surface area contributed by atoms with Gasteiger partial charge in [0.1, 0.15) is 11.3 Å². The Morgan fingerprint density at radius 2 is 2.00 bits per heavy atom. The Bertz CT molecular complexity index is 608. The van der Waals surface area contributed by atoms with Gasteiger partial charge in [-0.25, -0.2) is 4.79 Å². The fourth-order valence-corrected chi connectivity index (χ4v) is 1.80. The van der Waals surface area contributed by atoms with Crippen LogP contribution in [-0.2, 0) is 5.54 Å². The van der Waals surface area contributed by atoms with E-state index in [1.807, 2.05) is 26.0 Å². The molecule has 0 amide bonds. The van der Waals surface area contributed by atoms with Crippen LogP contribution in [-0.4, -0.2) is 7.11 Å². The largest absolute Gasteiger partial charge is 0.497 e. The first kappa shape index (κ1) is 11.7. The maximum absolute atomic E-state index is 11.5. The fraction of sp³-hybridized carbons (Fsp3) is 0.308. The second kappa shape index (κ2) is 3.89. The molecule has 0 spiro atoms. The predicted molar refractivity (Wildman–Crippen MR) is 66.2 cm³/mol. The van der Waals surface area contributed by atoms with E-state index in [4.69, 9.17) is 14.9 Å². The molecule has 0 unspecified atom stereocenters. The zero-order valence-corrected chi connectivity index (χ0v) is 10.1. The maximum Gasteiger partial charge on any atom is 0.336 e. The van der Waals surface area contributed by atoms with Crippen LogP contribution in [0, 0.1) is 0 Å². The minimum Gasteiger partial charge on any atom is -0.497 e. The average Bonchev–Trinajstić information content (AvgIpc) is 2.25. The van der Waals surface area contributed by atoms with E-state index in [2.05, 4.69) is 0 Å². The molecule has 17 heavy (non-hydrogen) atoms. The van der Waals surface area contributed by atoms with E-state index in [1.165, 1.54) is 6.07 Å². The Balaban J connectivity index is 2.82. The summed E-state index contributed by atoms with van der Waals surface area (Å²) in [6.45, 7) is 3.71. The molecular weight excluding hydrogens is 218 g/mol. The van der Waals surface area contributed by atoms with Crippen LogP contribution in [0.2, 0.25) is 0 Å². The standard InChI is InChI=1S/C13H15NO3/c1-13(2,14)10-7-12(15)17-11-6-8(16-3)4-5-9(10)11/h4-7H,14H2,1-3H3. The van der Waals surface area contributed by atoms with Crippen LogP contribution in [0.15, 0.2) is 33.5 Å². The SMILES string of the molecule is COc1ccc2c(C(C)(C)N)cc(=O)oc2c1. The average molecular weight is 233 g/mol. The number of hydrogen-bond donors (Lipinski definition) is 1. The molecule has 0 fully saturated rings. The monoisotopic (exact) mass is 233 g/mol. The van der Waals surface area contributed by atoms with Gasteiger partial charge in [-0.1, -0.05) is 0 Å². The van der Waals surface area contributed by atoms with Gasteiger partial charge in [-0.15, -0.1) is 0 Å². The summed E-state index contributed by atoms with van der Waals surface area (Å²) in [7, 11) is 1.57. The summed E-state index contributed by atoms with van der Waals surface area (Å²) in [4.78, 5) is 11.5. The van der Waals surface area contributed by atoms with Gasteiger partial charge < -0.3 is 14.9 Å². The van der Waals surface area contributed by atoms with Gasteiger partial charge in [0.2, 0.25) is 0 Å². The molecule has 2 N–H and O–H groups in total. The van der Waals surface area contributed by atoms with Crippen LogP contribution in [0.5, 0.6) is 5.75 Å². The van der Waals surface area contributed by atoms with Gasteiger partial charge >= 0.3 is 5.63 Å². The molecule has 90 valence electrons. The third-order valence-corrected chi connectivity index (χ3v) is 2.65. The lowest BCUT2D eigenvalue weighted by atomic mass is 9.93. The number of fused-ring (bicyclic) bond motifs is 1. The van der Waals surface area contributed by atoms with E-state index in [0.717, 1.165) is 10.9 Å². The van der Waals surface area contributed by atoms with Crippen LogP contribution < -0.4 is 16.1 Å². The molecule has 1 aromatic heterocycles. The second-order valence-electron chi connectivity index (χ2n) is 4.56. The fourth-order valence-electron chi connectivity index (χ4n) is 1.80. The van der Waals surface area contributed by atoms with Crippen molar-refractivity contribution in [2.24, 2.45) is 5.73 Å². The minimum absolute atomic E-state index is 0.403. The number of nitrogens with two attached hydrogens (primary N) is 1. The van der Waals surface area contributed by atoms with Gasteiger partial charge in [0.25, 0.3) is 0 Å². The van der Waals surface area contributed by atoms with Crippen LogP contribution in [0.4, 0.5) is 0 Å². The third kappa shape index (κ3) is 2.17. The third-order valence-electron chi connectivity index (χ3n) is 2.65. The Morgan fingerprint density at radius 3 is 2.59 bits per heavy atom. The second-order valence-corrected chi connectivity index (χ2v) is 4.56. The lowest BCUT2D eigenvalue weighted by Crippen LogP contribution is -2.30. The zero-order chi connectivity index (χ0) is 12.6. The first-order chi connectivity index (χ1) is 7.91. The van der Waals surface area contributed by atoms with Gasteiger partial charge in [0.05, 0.1) is 7.11 Å². The first-order valence-corrected chi connectivity index (χ1v) is 5.33. The van der Waals surface area contributed by atoms with Crippen LogP contribution in [0.1, 0.15) is 19.4 Å². The number of rotatable bonds is 2. The maximum atomic E-state index is 11.5. The van der Waals surface area contributed by atoms with E-state index < -0.39 is 11.2 Å². The topological polar surface area (TPSA) is 65.5 Å². The zero-order valence-electron chi connectivity index (χ0n) is 10.1. The molecule has 0 saturated carbocycles. The van der Waals surface area contributed by atoms with Crippen molar-refractivity contribution in [2.75, 3.05) is 7.11 Å². The van der Waals surface area contributed by atoms with E-state index in [1.54, 1.807) is 13.2 Å². The van der Waals surface area contributed by atoms with Crippen molar-refractivity contribution in [2.45, 2.75) is 19.4 Å². The van der Waals surface area contributed by atoms with E-state index in [9.17, 15) is 4.79 Å². The molecule has 0 atom stereocenters. The minimum atomic E-state index is -0.594. The van der Waals surface area contributed by atoms with Crippen molar-refractivity contribution in [3.8, 4) is 5.75 Å². The Labute approximate surface area is 99.0 Å². The van der Waals surface area contributed by atoms with Crippen molar-refractivity contribution in [1.29, 1.82) is 0 Å². The van der Waals surface area contributed by atoms with Crippen molar-refractivity contribution in [3.05, 3.63) is 40.2 Å². The molecule has 0 saturated heterocycles. The molecule has 0 radical (unpaired) electrons. The Hall–Kier alpha value is -1.81. The van der Waals surface area contributed by atoms with Gasteiger partial charge in [0, 0.05) is 23.1 Å². The number of ether oxygens (including phenoxy) is 1. The highest BCUT2D eigenvalue weighted by Crippen LogP contribution is 2.27. The van der Waals surface area contributed by atoms with Crippen molar-refractivity contribution < 1.29 is 9.15 Å². The molecule has 2 rings (SSSR count). The van der Waals surface area contributed by atoms with Crippen LogP contribution in [0.25, 0.3) is 11.0 Å². The van der Waals surface area contributed by atoms with Crippen molar-refractivity contribution >= 4 is 11.0 Å². The smallest absolute Gasteiger partial charge is 0.336 e. The highest BCUT2D eigenvalue weighted by Gasteiger charge is 2.19. The summed E-state index contributed by atoms with van der Waals surface area (Å²) in [6, 6.07) is 6.79. The Kier molecular flexibility index (Phi) is 2.67. The molecule has 4 nitrogen and oxygen atoms in total. The number of methoxy groups -OCH3 is 1. The quantitative estimate of drug-likeness (QED) is 0.806. The normalized spacial score (nSPS) is 11.8. The molecule has 0 bridgehead atoms. The lowest BCUT2D eigenvalue weighted by molar-refractivity contribution is 0.414. The van der Waals surface area contributed by atoms with Gasteiger partial charge in [-0.2, -0.15) is 0 Å². The van der Waals surface area contributed by atoms with Gasteiger partial charge in [-0.05, 0) is 31.5 Å². The predicted octanol–water partition coefficient (Wildman–Crippen LogP) is 2.00.